The van der Waals surface area contributed by atoms with Gasteiger partial charge >= 0.3 is 0 Å². The van der Waals surface area contributed by atoms with Crippen molar-refractivity contribution in [2.24, 2.45) is 11.0 Å². The third-order valence-electron chi connectivity index (χ3n) is 3.32. The second-order valence-corrected chi connectivity index (χ2v) is 5.42. The Kier molecular flexibility index (Phi) is 5.92. The number of nitrogens with one attached hydrogen (secondary N) is 1. The van der Waals surface area contributed by atoms with Gasteiger partial charge < -0.3 is 4.74 Å². The first-order valence-electron chi connectivity index (χ1n) is 7.78. The molecule has 0 heterocycles. The van der Waals surface area contributed by atoms with Gasteiger partial charge in [-0.3, -0.25) is 4.79 Å². The van der Waals surface area contributed by atoms with E-state index in [0.717, 1.165) is 17.0 Å². The zero-order chi connectivity index (χ0) is 16.7. The maximum Gasteiger partial charge on any atom is 0.271 e. The highest BCUT2D eigenvalue weighted by Crippen LogP contribution is 2.12. The minimum Gasteiger partial charge on any atom is -0.494 e. The van der Waals surface area contributed by atoms with Crippen molar-refractivity contribution in [2.45, 2.75) is 20.8 Å². The van der Waals surface area contributed by atoms with Gasteiger partial charge in [0.05, 0.1) is 12.3 Å². The van der Waals surface area contributed by atoms with Gasteiger partial charge in [0.25, 0.3) is 5.91 Å². The van der Waals surface area contributed by atoms with Crippen LogP contribution < -0.4 is 10.2 Å². The van der Waals surface area contributed by atoms with Crippen molar-refractivity contribution in [1.29, 1.82) is 0 Å². The smallest absolute Gasteiger partial charge is 0.271 e. The lowest BCUT2D eigenvalue weighted by atomic mass is 10.0. The van der Waals surface area contributed by atoms with Crippen LogP contribution in [0.25, 0.3) is 0 Å². The third-order valence-corrected chi connectivity index (χ3v) is 3.32. The monoisotopic (exact) mass is 310 g/mol. The standard InChI is InChI=1S/C19H22N2O2/c1-4-23-17-12-10-16(11-13-17)19(22)21-20-18(14(2)3)15-8-6-5-7-9-15/h5-14H,4H2,1-3H3,(H,21,22)/b20-18-. The van der Waals surface area contributed by atoms with Crippen molar-refractivity contribution in [1.82, 2.24) is 5.43 Å². The fourth-order valence-electron chi connectivity index (χ4n) is 2.18. The lowest BCUT2D eigenvalue weighted by molar-refractivity contribution is 0.0954. The fourth-order valence-corrected chi connectivity index (χ4v) is 2.18. The van der Waals surface area contributed by atoms with Crippen LogP contribution in [0, 0.1) is 5.92 Å². The van der Waals surface area contributed by atoms with Crippen molar-refractivity contribution in [2.75, 3.05) is 6.61 Å². The van der Waals surface area contributed by atoms with Gasteiger partial charge in [-0.2, -0.15) is 5.10 Å². The summed E-state index contributed by atoms with van der Waals surface area (Å²) in [6, 6.07) is 16.9. The van der Waals surface area contributed by atoms with Gasteiger partial charge in [-0.05, 0) is 42.7 Å². The second kappa shape index (κ2) is 8.13. The molecule has 0 aliphatic rings. The SMILES string of the molecule is CCOc1ccc(C(=O)N/N=C(\c2ccccc2)C(C)C)cc1. The summed E-state index contributed by atoms with van der Waals surface area (Å²) in [4.78, 5) is 12.2. The minimum atomic E-state index is -0.234. The van der Waals surface area contributed by atoms with Gasteiger partial charge in [-0.15, -0.1) is 0 Å². The van der Waals surface area contributed by atoms with E-state index in [-0.39, 0.29) is 11.8 Å². The van der Waals surface area contributed by atoms with Gasteiger partial charge in [0, 0.05) is 5.56 Å². The first-order valence-corrected chi connectivity index (χ1v) is 7.78. The zero-order valence-corrected chi connectivity index (χ0v) is 13.7. The number of carbonyl (C=O) groups excluding carboxylic acids is 1. The highest BCUT2D eigenvalue weighted by atomic mass is 16.5. The molecule has 2 aromatic rings. The molecule has 0 spiro atoms. The van der Waals surface area contributed by atoms with Crippen LogP contribution >= 0.6 is 0 Å². The predicted octanol–water partition coefficient (Wildman–Crippen LogP) is 3.88. The van der Waals surface area contributed by atoms with Gasteiger partial charge in [0.2, 0.25) is 0 Å². The molecule has 2 aromatic carbocycles. The summed E-state index contributed by atoms with van der Waals surface area (Å²) >= 11 is 0. The largest absolute Gasteiger partial charge is 0.494 e. The average molecular weight is 310 g/mol. The average Bonchev–Trinajstić information content (AvgIpc) is 2.56. The Bertz CT molecular complexity index is 662. The number of hydrogen-bond donors (Lipinski definition) is 1. The van der Waals surface area contributed by atoms with Crippen molar-refractivity contribution < 1.29 is 9.53 Å². The molecular formula is C19H22N2O2. The lowest BCUT2D eigenvalue weighted by Crippen LogP contribution is -2.22. The van der Waals surface area contributed by atoms with Crippen LogP contribution in [0.4, 0.5) is 0 Å². The van der Waals surface area contributed by atoms with Crippen LogP contribution in [0.2, 0.25) is 0 Å². The number of hydrazone groups is 1. The highest BCUT2D eigenvalue weighted by molar-refractivity contribution is 6.03. The summed E-state index contributed by atoms with van der Waals surface area (Å²) < 4.78 is 5.37. The number of carbonyl (C=O) groups is 1. The van der Waals surface area contributed by atoms with Crippen LogP contribution in [-0.2, 0) is 0 Å². The maximum absolute atomic E-state index is 12.2. The van der Waals surface area contributed by atoms with Crippen molar-refractivity contribution in [3.63, 3.8) is 0 Å². The van der Waals surface area contributed by atoms with Crippen LogP contribution in [0.3, 0.4) is 0 Å². The molecule has 4 heteroatoms. The summed E-state index contributed by atoms with van der Waals surface area (Å²) in [5.74, 6) is 0.722. The Balaban J connectivity index is 2.11. The molecule has 0 atom stereocenters. The molecule has 2 rings (SSSR count). The molecular weight excluding hydrogens is 288 g/mol. The fraction of sp³-hybridized carbons (Fsp3) is 0.263. The highest BCUT2D eigenvalue weighted by Gasteiger charge is 2.10. The summed E-state index contributed by atoms with van der Waals surface area (Å²) in [6.07, 6.45) is 0. The molecule has 23 heavy (non-hydrogen) atoms. The van der Waals surface area contributed by atoms with E-state index >= 15 is 0 Å². The maximum atomic E-state index is 12.2. The van der Waals surface area contributed by atoms with E-state index in [9.17, 15) is 4.79 Å². The topological polar surface area (TPSA) is 50.7 Å². The van der Waals surface area contributed by atoms with Gasteiger partial charge in [-0.1, -0.05) is 44.2 Å². The summed E-state index contributed by atoms with van der Waals surface area (Å²) in [6.45, 7) is 6.63. The predicted molar refractivity (Wildman–Crippen MR) is 92.9 cm³/mol. The molecule has 0 aromatic heterocycles. The molecule has 1 amide bonds. The van der Waals surface area contributed by atoms with E-state index in [0.29, 0.717) is 12.2 Å². The Morgan fingerprint density at radius 1 is 1.04 bits per heavy atom. The van der Waals surface area contributed by atoms with E-state index < -0.39 is 0 Å². The zero-order valence-electron chi connectivity index (χ0n) is 13.7. The normalized spacial score (nSPS) is 11.4. The van der Waals surface area contributed by atoms with Gasteiger partial charge in [-0.25, -0.2) is 5.43 Å². The van der Waals surface area contributed by atoms with Crippen LogP contribution in [0.1, 0.15) is 36.7 Å². The van der Waals surface area contributed by atoms with Crippen molar-refractivity contribution in [3.8, 4) is 5.75 Å². The first kappa shape index (κ1) is 16.7. The molecule has 0 saturated heterocycles. The van der Waals surface area contributed by atoms with Crippen LogP contribution in [0.15, 0.2) is 59.7 Å². The molecule has 0 unspecified atom stereocenters. The molecule has 4 nitrogen and oxygen atoms in total. The van der Waals surface area contributed by atoms with Crippen molar-refractivity contribution >= 4 is 11.6 Å². The molecule has 0 radical (unpaired) electrons. The summed E-state index contributed by atoms with van der Waals surface area (Å²) in [7, 11) is 0. The summed E-state index contributed by atoms with van der Waals surface area (Å²) in [5.41, 5.74) is 5.05. The molecule has 0 fully saturated rings. The molecule has 0 aliphatic heterocycles. The Labute approximate surface area is 137 Å². The van der Waals surface area contributed by atoms with E-state index in [1.165, 1.54) is 0 Å². The minimum absolute atomic E-state index is 0.207. The Hall–Kier alpha value is -2.62. The van der Waals surface area contributed by atoms with E-state index in [2.05, 4.69) is 24.4 Å². The van der Waals surface area contributed by atoms with E-state index in [1.54, 1.807) is 24.3 Å². The number of amides is 1. The quantitative estimate of drug-likeness (QED) is 0.650. The lowest BCUT2D eigenvalue weighted by Gasteiger charge is -2.11. The first-order chi connectivity index (χ1) is 11.1. The number of hydrogen-bond acceptors (Lipinski definition) is 3. The Morgan fingerprint density at radius 3 is 2.26 bits per heavy atom. The number of benzene rings is 2. The molecule has 1 N–H and O–H groups in total. The van der Waals surface area contributed by atoms with E-state index in [1.807, 2.05) is 37.3 Å². The van der Waals surface area contributed by atoms with E-state index in [4.69, 9.17) is 4.74 Å². The van der Waals surface area contributed by atoms with Crippen molar-refractivity contribution in [3.05, 3.63) is 65.7 Å². The summed E-state index contributed by atoms with van der Waals surface area (Å²) in [5, 5.41) is 4.31. The second-order valence-electron chi connectivity index (χ2n) is 5.42. The van der Waals surface area contributed by atoms with Gasteiger partial charge in [0.1, 0.15) is 5.75 Å². The van der Waals surface area contributed by atoms with Gasteiger partial charge in [0.15, 0.2) is 0 Å². The molecule has 120 valence electrons. The molecule has 0 saturated carbocycles. The van der Waals surface area contributed by atoms with Crippen LogP contribution in [-0.4, -0.2) is 18.2 Å². The van der Waals surface area contributed by atoms with Crippen LogP contribution in [0.5, 0.6) is 5.75 Å². The Morgan fingerprint density at radius 2 is 1.70 bits per heavy atom. The third kappa shape index (κ3) is 4.68. The molecule has 0 bridgehead atoms. The number of ether oxygens (including phenoxy) is 1. The molecule has 0 aliphatic carbocycles. The number of nitrogens with zero attached hydrogens (tertiary/aromatic N) is 1. The number of rotatable bonds is 6.